The summed E-state index contributed by atoms with van der Waals surface area (Å²) in [6.45, 7) is 10.9. The Morgan fingerprint density at radius 2 is 1.62 bits per heavy atom. The maximum atomic E-state index is 12.3. The summed E-state index contributed by atoms with van der Waals surface area (Å²) in [6, 6.07) is 0. The van der Waals surface area contributed by atoms with Crippen molar-refractivity contribution in [2.24, 2.45) is 11.3 Å². The Morgan fingerprint density at radius 3 is 2.21 bits per heavy atom. The topological polar surface area (TPSA) is 52.7 Å². The minimum atomic E-state index is -0.0438. The molecule has 5 heteroatoms. The molecule has 2 aliphatic rings. The van der Waals surface area contributed by atoms with Crippen molar-refractivity contribution < 1.29 is 9.59 Å². The fourth-order valence-electron chi connectivity index (χ4n) is 3.74. The fourth-order valence-corrected chi connectivity index (χ4v) is 3.74. The van der Waals surface area contributed by atoms with Gasteiger partial charge in [-0.1, -0.05) is 40.0 Å². The minimum absolute atomic E-state index is 0.0354. The lowest BCUT2D eigenvalue weighted by Gasteiger charge is -2.37. The highest BCUT2D eigenvalue weighted by Gasteiger charge is 2.24. The largest absolute Gasteiger partial charge is 0.347 e. The number of piperazine rings is 1. The Kier molecular flexibility index (Phi) is 7.08. The number of nitrogens with one attached hydrogen (secondary N) is 1. The van der Waals surface area contributed by atoms with Crippen molar-refractivity contribution in [2.45, 2.75) is 59.3 Å². The van der Waals surface area contributed by atoms with Crippen LogP contribution in [0.5, 0.6) is 0 Å². The van der Waals surface area contributed by atoms with Gasteiger partial charge in [0, 0.05) is 39.1 Å². The molecule has 24 heavy (non-hydrogen) atoms. The van der Waals surface area contributed by atoms with E-state index in [2.05, 4.69) is 10.2 Å². The van der Waals surface area contributed by atoms with Crippen molar-refractivity contribution in [1.82, 2.24) is 15.1 Å². The number of rotatable bonds is 5. The molecule has 0 aromatic heterocycles. The number of amides is 2. The van der Waals surface area contributed by atoms with Crippen molar-refractivity contribution in [3.05, 3.63) is 0 Å². The first-order valence-corrected chi connectivity index (χ1v) is 9.60. The van der Waals surface area contributed by atoms with Crippen molar-refractivity contribution >= 4 is 11.8 Å². The van der Waals surface area contributed by atoms with Crippen molar-refractivity contribution in [3.8, 4) is 0 Å². The van der Waals surface area contributed by atoms with Gasteiger partial charge in [0.1, 0.15) is 0 Å². The summed E-state index contributed by atoms with van der Waals surface area (Å²) >= 11 is 0. The maximum absolute atomic E-state index is 12.3. The van der Waals surface area contributed by atoms with Gasteiger partial charge in [0.15, 0.2) is 0 Å². The van der Waals surface area contributed by atoms with Crippen LogP contribution >= 0.6 is 0 Å². The van der Waals surface area contributed by atoms with Crippen LogP contribution in [-0.2, 0) is 9.59 Å². The molecular formula is C19H35N3O2. The molecule has 1 heterocycles. The lowest BCUT2D eigenvalue weighted by molar-refractivity contribution is -0.134. The number of carbonyl (C=O) groups excluding carboxylic acids is 2. The molecule has 2 amide bonds. The van der Waals surface area contributed by atoms with Gasteiger partial charge < -0.3 is 10.2 Å². The van der Waals surface area contributed by atoms with E-state index in [4.69, 9.17) is 0 Å². The monoisotopic (exact) mass is 337 g/mol. The average Bonchev–Trinajstić information content (AvgIpc) is 2.53. The van der Waals surface area contributed by atoms with E-state index in [9.17, 15) is 9.59 Å². The zero-order valence-corrected chi connectivity index (χ0v) is 15.8. The van der Waals surface area contributed by atoms with E-state index in [1.165, 1.54) is 38.6 Å². The Balaban J connectivity index is 1.64. The van der Waals surface area contributed by atoms with Gasteiger partial charge in [-0.05, 0) is 24.2 Å². The van der Waals surface area contributed by atoms with E-state index < -0.39 is 0 Å². The van der Waals surface area contributed by atoms with Gasteiger partial charge in [-0.25, -0.2) is 0 Å². The number of nitrogens with zero attached hydrogens (tertiary/aromatic N) is 2. The van der Waals surface area contributed by atoms with Crippen molar-refractivity contribution in [1.29, 1.82) is 0 Å². The molecule has 0 bridgehead atoms. The third-order valence-electron chi connectivity index (χ3n) is 5.09. The lowest BCUT2D eigenvalue weighted by atomic mass is 9.89. The van der Waals surface area contributed by atoms with Crippen molar-refractivity contribution in [3.63, 3.8) is 0 Å². The van der Waals surface area contributed by atoms with Crippen LogP contribution < -0.4 is 5.32 Å². The third-order valence-corrected chi connectivity index (χ3v) is 5.09. The standard InChI is InChI=1S/C19H35N3O2/c1-19(2,3)13-17(23)20-14-18(24)22-11-9-21(10-12-22)15-16-7-5-4-6-8-16/h16H,4-15H2,1-3H3,(H,20,23). The summed E-state index contributed by atoms with van der Waals surface area (Å²) in [7, 11) is 0. The molecule has 1 saturated heterocycles. The highest BCUT2D eigenvalue weighted by Crippen LogP contribution is 2.24. The highest BCUT2D eigenvalue weighted by molar-refractivity contribution is 5.85. The van der Waals surface area contributed by atoms with E-state index in [1.807, 2.05) is 25.7 Å². The molecule has 1 aliphatic carbocycles. The predicted molar refractivity (Wildman–Crippen MR) is 96.7 cm³/mol. The second kappa shape index (κ2) is 8.84. The van der Waals surface area contributed by atoms with E-state index in [0.29, 0.717) is 6.42 Å². The molecular weight excluding hydrogens is 302 g/mol. The zero-order valence-electron chi connectivity index (χ0n) is 15.8. The molecule has 1 N–H and O–H groups in total. The van der Waals surface area contributed by atoms with Gasteiger partial charge in [0.25, 0.3) is 0 Å². The molecule has 2 rings (SSSR count). The van der Waals surface area contributed by atoms with Gasteiger partial charge in [0.05, 0.1) is 6.54 Å². The molecule has 0 unspecified atom stereocenters. The van der Waals surface area contributed by atoms with Crippen LogP contribution in [0.15, 0.2) is 0 Å². The van der Waals surface area contributed by atoms with Crippen LogP contribution in [0.4, 0.5) is 0 Å². The predicted octanol–water partition coefficient (Wildman–Crippen LogP) is 2.26. The molecule has 5 nitrogen and oxygen atoms in total. The second-order valence-electron chi connectivity index (χ2n) is 8.70. The van der Waals surface area contributed by atoms with E-state index in [1.54, 1.807) is 0 Å². The Labute approximate surface area is 147 Å². The summed E-state index contributed by atoms with van der Waals surface area (Å²) in [6.07, 6.45) is 7.38. The Bertz CT molecular complexity index is 417. The first-order chi connectivity index (χ1) is 11.3. The van der Waals surface area contributed by atoms with E-state index in [0.717, 1.165) is 32.1 Å². The SMILES string of the molecule is CC(C)(C)CC(=O)NCC(=O)N1CCN(CC2CCCCC2)CC1. The average molecular weight is 338 g/mol. The molecule has 0 atom stereocenters. The zero-order chi connectivity index (χ0) is 17.6. The minimum Gasteiger partial charge on any atom is -0.347 e. The van der Waals surface area contributed by atoms with E-state index >= 15 is 0 Å². The Morgan fingerprint density at radius 1 is 1.00 bits per heavy atom. The van der Waals surface area contributed by atoms with E-state index in [-0.39, 0.29) is 23.8 Å². The summed E-state index contributed by atoms with van der Waals surface area (Å²) in [5.41, 5.74) is -0.0438. The molecule has 0 aromatic carbocycles. The molecule has 0 spiro atoms. The number of carbonyl (C=O) groups is 2. The van der Waals surface area contributed by atoms with Crippen LogP contribution in [0.25, 0.3) is 0 Å². The summed E-state index contributed by atoms with van der Waals surface area (Å²) in [5, 5.41) is 2.77. The van der Waals surface area contributed by atoms with Crippen LogP contribution in [0.2, 0.25) is 0 Å². The summed E-state index contributed by atoms with van der Waals surface area (Å²) < 4.78 is 0. The first-order valence-electron chi connectivity index (χ1n) is 9.60. The van der Waals surface area contributed by atoms with Crippen LogP contribution in [-0.4, -0.2) is 60.9 Å². The summed E-state index contributed by atoms with van der Waals surface area (Å²) in [5.74, 6) is 0.874. The van der Waals surface area contributed by atoms with Crippen LogP contribution in [0.3, 0.4) is 0 Å². The number of hydrogen-bond donors (Lipinski definition) is 1. The quantitative estimate of drug-likeness (QED) is 0.837. The van der Waals surface area contributed by atoms with Gasteiger partial charge in [-0.3, -0.25) is 14.5 Å². The first kappa shape index (κ1) is 19.2. The van der Waals surface area contributed by atoms with Gasteiger partial charge in [0.2, 0.25) is 11.8 Å². The maximum Gasteiger partial charge on any atom is 0.242 e. The lowest BCUT2D eigenvalue weighted by Crippen LogP contribution is -2.52. The Hall–Kier alpha value is -1.10. The molecule has 2 fully saturated rings. The second-order valence-corrected chi connectivity index (χ2v) is 8.70. The summed E-state index contributed by atoms with van der Waals surface area (Å²) in [4.78, 5) is 28.5. The third kappa shape index (κ3) is 6.80. The molecule has 1 saturated carbocycles. The molecule has 138 valence electrons. The van der Waals surface area contributed by atoms with Crippen LogP contribution in [0, 0.1) is 11.3 Å². The van der Waals surface area contributed by atoms with Crippen LogP contribution in [0.1, 0.15) is 59.3 Å². The van der Waals surface area contributed by atoms with Crippen molar-refractivity contribution in [2.75, 3.05) is 39.3 Å². The van der Waals surface area contributed by atoms with Gasteiger partial charge >= 0.3 is 0 Å². The molecule has 1 aliphatic heterocycles. The van der Waals surface area contributed by atoms with Gasteiger partial charge in [-0.15, -0.1) is 0 Å². The molecule has 0 aromatic rings. The number of hydrogen-bond acceptors (Lipinski definition) is 3. The smallest absolute Gasteiger partial charge is 0.242 e. The normalized spacial score (nSPS) is 20.9. The highest BCUT2D eigenvalue weighted by atomic mass is 16.2. The molecule has 0 radical (unpaired) electrons. The van der Waals surface area contributed by atoms with Gasteiger partial charge in [-0.2, -0.15) is 0 Å². The fraction of sp³-hybridized carbons (Fsp3) is 0.895.